The fourth-order valence-corrected chi connectivity index (χ4v) is 4.12. The van der Waals surface area contributed by atoms with Crippen molar-refractivity contribution in [2.24, 2.45) is 4.99 Å². The van der Waals surface area contributed by atoms with Gasteiger partial charge in [0.05, 0.1) is 25.4 Å². The lowest BCUT2D eigenvalue weighted by atomic mass is 9.85. The van der Waals surface area contributed by atoms with Crippen LogP contribution in [0.5, 0.6) is 0 Å². The topological polar surface area (TPSA) is 46.1 Å². The highest BCUT2D eigenvalue weighted by Gasteiger charge is 2.25. The number of nitrogens with one attached hydrogen (secondary N) is 1. The van der Waals surface area contributed by atoms with Gasteiger partial charge in [0, 0.05) is 31.7 Å². The van der Waals surface area contributed by atoms with Crippen LogP contribution in [0.4, 0.5) is 4.39 Å². The van der Waals surface area contributed by atoms with Crippen molar-refractivity contribution in [1.29, 1.82) is 0 Å². The zero-order valence-electron chi connectivity index (χ0n) is 19.2. The summed E-state index contributed by atoms with van der Waals surface area (Å²) in [6.45, 7) is 11.2. The largest absolute Gasteiger partial charge is 0.376 e. The van der Waals surface area contributed by atoms with Gasteiger partial charge in [0.25, 0.3) is 0 Å². The number of nitrogens with zero attached hydrogens (tertiary/aromatic N) is 2. The average molecular weight is 547 g/mol. The third kappa shape index (κ3) is 8.17. The number of ether oxygens (including phenoxy) is 2. The van der Waals surface area contributed by atoms with Crippen LogP contribution in [0, 0.1) is 5.82 Å². The van der Waals surface area contributed by atoms with Gasteiger partial charge in [-0.3, -0.25) is 4.99 Å². The van der Waals surface area contributed by atoms with Crippen molar-refractivity contribution < 1.29 is 13.9 Å². The second-order valence-electron chi connectivity index (χ2n) is 9.07. The summed E-state index contributed by atoms with van der Waals surface area (Å²) in [5, 5.41) is 3.43. The van der Waals surface area contributed by atoms with Crippen LogP contribution < -0.4 is 5.32 Å². The van der Waals surface area contributed by atoms with E-state index in [-0.39, 0.29) is 41.3 Å². The predicted molar refractivity (Wildman–Crippen MR) is 135 cm³/mol. The van der Waals surface area contributed by atoms with E-state index in [4.69, 9.17) is 14.5 Å². The summed E-state index contributed by atoms with van der Waals surface area (Å²) in [5.41, 5.74) is 0.739. The van der Waals surface area contributed by atoms with Gasteiger partial charge in [-0.05, 0) is 56.7 Å². The Labute approximate surface area is 204 Å². The lowest BCUT2D eigenvalue weighted by Crippen LogP contribution is -2.47. The van der Waals surface area contributed by atoms with Crippen molar-refractivity contribution in [1.82, 2.24) is 10.2 Å². The second kappa shape index (κ2) is 12.9. The first-order chi connectivity index (χ1) is 14.5. The number of benzene rings is 1. The molecule has 2 aliphatic rings. The van der Waals surface area contributed by atoms with Gasteiger partial charge in [-0.1, -0.05) is 26.0 Å². The van der Waals surface area contributed by atoms with Crippen LogP contribution in [-0.4, -0.2) is 62.5 Å². The van der Waals surface area contributed by atoms with Crippen molar-refractivity contribution in [3.63, 3.8) is 0 Å². The molecule has 2 saturated heterocycles. The number of hydrogen-bond acceptors (Lipinski definition) is 3. The van der Waals surface area contributed by atoms with Crippen molar-refractivity contribution in [2.75, 3.05) is 39.4 Å². The third-order valence-corrected chi connectivity index (χ3v) is 6.10. The first-order valence-electron chi connectivity index (χ1n) is 11.5. The number of piperidine rings is 1. The molecule has 7 heteroatoms. The third-order valence-electron chi connectivity index (χ3n) is 6.10. The van der Waals surface area contributed by atoms with Gasteiger partial charge in [-0.15, -0.1) is 24.0 Å². The standard InChI is InChI=1S/C24H38FN3O2.HI/c1-4-26-23(27-18-24(2,3)19-8-7-9-20(25)16-19)28-13-11-21(12-14-28)30-17-22-10-5-6-15-29-22;/h7-9,16,21-22H,4-6,10-15,17-18H2,1-3H3,(H,26,27);1H. The Balaban J connectivity index is 0.00000341. The number of halogens is 2. The van der Waals surface area contributed by atoms with E-state index < -0.39 is 0 Å². The molecule has 1 aromatic rings. The van der Waals surface area contributed by atoms with E-state index in [0.29, 0.717) is 12.6 Å². The predicted octanol–water partition coefficient (Wildman–Crippen LogP) is 4.74. The Kier molecular flexibility index (Phi) is 11.0. The highest BCUT2D eigenvalue weighted by molar-refractivity contribution is 14.0. The average Bonchev–Trinajstić information content (AvgIpc) is 2.76. The molecule has 176 valence electrons. The monoisotopic (exact) mass is 547 g/mol. The van der Waals surface area contributed by atoms with Crippen molar-refractivity contribution >= 4 is 29.9 Å². The highest BCUT2D eigenvalue weighted by Crippen LogP contribution is 2.24. The minimum Gasteiger partial charge on any atom is -0.376 e. The summed E-state index contributed by atoms with van der Waals surface area (Å²) in [6, 6.07) is 6.84. The molecule has 1 N–H and O–H groups in total. The molecule has 0 saturated carbocycles. The lowest BCUT2D eigenvalue weighted by molar-refractivity contribution is -0.0721. The molecule has 0 radical (unpaired) electrons. The highest BCUT2D eigenvalue weighted by atomic mass is 127. The minimum atomic E-state index is -0.232. The smallest absolute Gasteiger partial charge is 0.193 e. The summed E-state index contributed by atoms with van der Waals surface area (Å²) in [6.07, 6.45) is 6.14. The normalized spacial score (nSPS) is 21.0. The molecule has 0 aliphatic carbocycles. The van der Waals surface area contributed by atoms with Gasteiger partial charge in [0.1, 0.15) is 5.82 Å². The molecule has 0 aromatic heterocycles. The summed E-state index contributed by atoms with van der Waals surface area (Å²) in [5.74, 6) is 0.744. The Morgan fingerprint density at radius 3 is 2.68 bits per heavy atom. The van der Waals surface area contributed by atoms with Crippen LogP contribution in [0.15, 0.2) is 29.3 Å². The molecular weight excluding hydrogens is 508 g/mol. The summed E-state index contributed by atoms with van der Waals surface area (Å²) in [7, 11) is 0. The number of aliphatic imine (C=N–C) groups is 1. The van der Waals surface area contributed by atoms with E-state index in [0.717, 1.165) is 63.6 Å². The van der Waals surface area contributed by atoms with Gasteiger partial charge < -0.3 is 19.7 Å². The molecule has 1 atom stereocenters. The molecule has 3 rings (SSSR count). The zero-order valence-corrected chi connectivity index (χ0v) is 21.6. The molecular formula is C24H39FIN3O2. The van der Waals surface area contributed by atoms with Crippen LogP contribution in [0.3, 0.4) is 0 Å². The zero-order chi connectivity index (χ0) is 21.4. The van der Waals surface area contributed by atoms with Crippen LogP contribution in [0.2, 0.25) is 0 Å². The van der Waals surface area contributed by atoms with E-state index >= 15 is 0 Å². The van der Waals surface area contributed by atoms with Crippen LogP contribution >= 0.6 is 24.0 Å². The van der Waals surface area contributed by atoms with Crippen molar-refractivity contribution in [3.05, 3.63) is 35.6 Å². The van der Waals surface area contributed by atoms with E-state index in [1.807, 2.05) is 6.07 Å². The maximum atomic E-state index is 13.7. The van der Waals surface area contributed by atoms with Crippen LogP contribution in [0.25, 0.3) is 0 Å². The van der Waals surface area contributed by atoms with Crippen LogP contribution in [-0.2, 0) is 14.9 Å². The Bertz CT molecular complexity index is 687. The quantitative estimate of drug-likeness (QED) is 0.305. The maximum absolute atomic E-state index is 13.7. The van der Waals surface area contributed by atoms with Gasteiger partial charge >= 0.3 is 0 Å². The van der Waals surface area contributed by atoms with E-state index in [1.54, 1.807) is 12.1 Å². The number of guanidine groups is 1. The summed E-state index contributed by atoms with van der Waals surface area (Å²) >= 11 is 0. The summed E-state index contributed by atoms with van der Waals surface area (Å²) < 4.78 is 25.6. The van der Waals surface area contributed by atoms with Gasteiger partial charge in [-0.2, -0.15) is 0 Å². The van der Waals surface area contributed by atoms with Crippen LogP contribution in [0.1, 0.15) is 58.4 Å². The molecule has 1 aromatic carbocycles. The van der Waals surface area contributed by atoms with E-state index in [9.17, 15) is 4.39 Å². The van der Waals surface area contributed by atoms with Gasteiger partial charge in [0.2, 0.25) is 0 Å². The van der Waals surface area contributed by atoms with Gasteiger partial charge in [0.15, 0.2) is 5.96 Å². The molecule has 0 spiro atoms. The molecule has 5 nitrogen and oxygen atoms in total. The Morgan fingerprint density at radius 2 is 2.03 bits per heavy atom. The molecule has 0 amide bonds. The molecule has 0 bridgehead atoms. The first kappa shape index (κ1) is 26.3. The number of rotatable bonds is 7. The molecule has 31 heavy (non-hydrogen) atoms. The van der Waals surface area contributed by atoms with E-state index in [1.165, 1.54) is 18.9 Å². The lowest BCUT2D eigenvalue weighted by Gasteiger charge is -2.35. The molecule has 1 unspecified atom stereocenters. The minimum absolute atomic E-state index is 0. The molecule has 2 fully saturated rings. The van der Waals surface area contributed by atoms with Gasteiger partial charge in [-0.25, -0.2) is 4.39 Å². The Hall–Kier alpha value is -0.930. The summed E-state index contributed by atoms with van der Waals surface area (Å²) in [4.78, 5) is 7.23. The van der Waals surface area contributed by atoms with E-state index in [2.05, 4.69) is 31.0 Å². The Morgan fingerprint density at radius 1 is 1.26 bits per heavy atom. The first-order valence-corrected chi connectivity index (χ1v) is 11.5. The molecule has 2 aliphatic heterocycles. The SMILES string of the molecule is CCNC(=NCC(C)(C)c1cccc(F)c1)N1CCC(OCC2CCCCO2)CC1.I. The fraction of sp³-hybridized carbons (Fsp3) is 0.708. The van der Waals surface area contributed by atoms with Crippen molar-refractivity contribution in [2.45, 2.75) is 70.5 Å². The number of likely N-dealkylation sites (tertiary alicyclic amines) is 1. The maximum Gasteiger partial charge on any atom is 0.193 e. The fourth-order valence-electron chi connectivity index (χ4n) is 4.12. The molecule has 2 heterocycles. The number of hydrogen-bond donors (Lipinski definition) is 1. The van der Waals surface area contributed by atoms with Crippen molar-refractivity contribution in [3.8, 4) is 0 Å². The second-order valence-corrected chi connectivity index (χ2v) is 9.07.